The predicted octanol–water partition coefficient (Wildman–Crippen LogP) is 1.50. The number of rotatable bonds is 9. The van der Waals surface area contributed by atoms with Crippen molar-refractivity contribution in [1.82, 2.24) is 4.72 Å². The highest BCUT2D eigenvalue weighted by molar-refractivity contribution is 7.92. The van der Waals surface area contributed by atoms with Crippen molar-refractivity contribution in [2.45, 2.75) is 20.4 Å². The molecule has 0 fully saturated rings. The number of benzene rings is 2. The van der Waals surface area contributed by atoms with Crippen LogP contribution in [0.15, 0.2) is 45.5 Å². The maximum Gasteiger partial charge on any atom is 0.502 e. The molecule has 0 aliphatic rings. The van der Waals surface area contributed by atoms with Gasteiger partial charge in [-0.1, -0.05) is 17.7 Å². The Labute approximate surface area is 216 Å². The summed E-state index contributed by atoms with van der Waals surface area (Å²) in [6.07, 6.45) is 0. The topological polar surface area (TPSA) is 180 Å². The van der Waals surface area contributed by atoms with E-state index in [1.54, 1.807) is 4.72 Å². The Morgan fingerprint density at radius 1 is 1.14 bits per heavy atom. The molecule has 37 heavy (non-hydrogen) atoms. The second-order valence-corrected chi connectivity index (χ2v) is 14.2. The molecule has 1 atom stereocenters. The maximum atomic E-state index is 14.3. The number of sulfone groups is 1. The normalized spacial score (nSPS) is 14.2. The zero-order valence-corrected chi connectivity index (χ0v) is 22.1. The van der Waals surface area contributed by atoms with Crippen LogP contribution in [0.1, 0.15) is 11.3 Å². The molecule has 0 spiro atoms. The minimum atomic E-state index is -6.16. The molecule has 2 aromatic carbocycles. The number of nitrogens with one attached hydrogen (secondary N) is 1. The zero-order valence-electron chi connectivity index (χ0n) is 18.0. The number of hydrogen-bond donors (Lipinski definition) is 2. The van der Waals surface area contributed by atoms with E-state index < -0.39 is 59.2 Å². The number of quaternary nitrogens is 1. The lowest BCUT2D eigenvalue weighted by atomic mass is 10.2. The van der Waals surface area contributed by atoms with Crippen molar-refractivity contribution in [2.24, 2.45) is 0 Å². The SMILES string of the molecule is [NH3+]CCOc1cc(Cl)c2sc(S(=O)(=O)NC(c3ccc(S(=O)(=O)C(F)(F)F)c(F)c3)P(=O)([O-])[O-])cc2c1. The molecule has 1 heterocycles. The molecule has 0 aliphatic heterocycles. The highest BCUT2D eigenvalue weighted by Gasteiger charge is 2.48. The van der Waals surface area contributed by atoms with Crippen molar-refractivity contribution in [2.75, 3.05) is 13.2 Å². The van der Waals surface area contributed by atoms with Crippen LogP contribution in [0.4, 0.5) is 17.6 Å². The fourth-order valence-electron chi connectivity index (χ4n) is 3.02. The minimum Gasteiger partial charge on any atom is -0.809 e. The standard InChI is InChI=1S/C18H16ClF4N2O8PS3/c19-12-8-11(33-4-3-24)5-10-7-15(35-16(10)12)37(31,32)25-17(34(26,27)28)9-1-2-14(13(20)6-9)36(29,30)18(21,22)23/h1-2,5-8,17,25H,3-4,24H2,(H2,26,27,28)/p-1. The molecule has 0 saturated heterocycles. The molecule has 1 aromatic heterocycles. The van der Waals surface area contributed by atoms with Crippen molar-refractivity contribution in [3.63, 3.8) is 0 Å². The lowest BCUT2D eigenvalue weighted by molar-refractivity contribution is -0.370. The van der Waals surface area contributed by atoms with Crippen molar-refractivity contribution in [3.8, 4) is 5.75 Å². The quantitative estimate of drug-likeness (QED) is 0.265. The summed E-state index contributed by atoms with van der Waals surface area (Å²) in [4.78, 5) is 21.9. The van der Waals surface area contributed by atoms with Gasteiger partial charge in [0.1, 0.15) is 33.8 Å². The first-order valence-corrected chi connectivity index (χ1v) is 15.5. The van der Waals surface area contributed by atoms with Crippen LogP contribution in [0.5, 0.6) is 5.75 Å². The summed E-state index contributed by atoms with van der Waals surface area (Å²) in [5, 5.41) is 0.384. The summed E-state index contributed by atoms with van der Waals surface area (Å²) in [6.45, 7) is 0.667. The highest BCUT2D eigenvalue weighted by Crippen LogP contribution is 2.45. The molecule has 1 unspecified atom stereocenters. The molecule has 204 valence electrons. The molecule has 3 rings (SSSR count). The number of sulfonamides is 1. The third-order valence-electron chi connectivity index (χ3n) is 4.65. The molecule has 4 N–H and O–H groups in total. The maximum absolute atomic E-state index is 14.3. The first kappa shape index (κ1) is 29.7. The third kappa shape index (κ3) is 6.26. The number of alkyl halides is 3. The van der Waals surface area contributed by atoms with Gasteiger partial charge in [-0.05, 0) is 42.8 Å². The van der Waals surface area contributed by atoms with Crippen LogP contribution in [0.2, 0.25) is 5.02 Å². The Hall–Kier alpha value is -1.82. The molecule has 10 nitrogen and oxygen atoms in total. The molecule has 0 amide bonds. The van der Waals surface area contributed by atoms with Crippen molar-refractivity contribution >= 4 is 60.5 Å². The summed E-state index contributed by atoms with van der Waals surface area (Å²) in [6, 6.07) is 4.43. The van der Waals surface area contributed by atoms with Gasteiger partial charge in [-0.2, -0.15) is 17.9 Å². The van der Waals surface area contributed by atoms with Crippen LogP contribution in [0, 0.1) is 5.82 Å². The summed E-state index contributed by atoms with van der Waals surface area (Å²) in [5.74, 6) is -4.44. The van der Waals surface area contributed by atoms with Crippen LogP contribution in [-0.4, -0.2) is 35.5 Å². The molecule has 19 heteroatoms. The molecule has 0 aliphatic carbocycles. The lowest BCUT2D eigenvalue weighted by Gasteiger charge is -2.38. The van der Waals surface area contributed by atoms with E-state index in [0.29, 0.717) is 29.7 Å². The molecule has 3 aromatic rings. The van der Waals surface area contributed by atoms with Gasteiger partial charge < -0.3 is 24.8 Å². The highest BCUT2D eigenvalue weighted by atomic mass is 35.5. The Morgan fingerprint density at radius 3 is 2.32 bits per heavy atom. The summed E-state index contributed by atoms with van der Waals surface area (Å²) in [5.41, 5.74) is -3.21. The van der Waals surface area contributed by atoms with E-state index in [-0.39, 0.29) is 33.8 Å². The van der Waals surface area contributed by atoms with Gasteiger partial charge in [0.2, 0.25) is 0 Å². The second kappa shape index (κ2) is 10.4. The van der Waals surface area contributed by atoms with Crippen molar-refractivity contribution in [1.29, 1.82) is 0 Å². The van der Waals surface area contributed by atoms with Crippen LogP contribution >= 0.6 is 30.5 Å². The van der Waals surface area contributed by atoms with E-state index in [1.807, 2.05) is 0 Å². The largest absolute Gasteiger partial charge is 0.809 e. The molecule has 0 bridgehead atoms. The molecule has 0 saturated carbocycles. The average Bonchev–Trinajstić information content (AvgIpc) is 3.20. The second-order valence-electron chi connectivity index (χ2n) is 7.29. The fourth-order valence-corrected chi connectivity index (χ4v) is 8.06. The van der Waals surface area contributed by atoms with Gasteiger partial charge in [0.25, 0.3) is 19.9 Å². The van der Waals surface area contributed by atoms with Crippen LogP contribution < -0.4 is 25.0 Å². The third-order valence-corrected chi connectivity index (χ3v) is 10.9. The monoisotopic (exact) mass is 625 g/mol. The van der Waals surface area contributed by atoms with E-state index in [4.69, 9.17) is 16.3 Å². The van der Waals surface area contributed by atoms with Gasteiger partial charge in [-0.15, -0.1) is 11.3 Å². The number of ether oxygens (including phenoxy) is 1. The summed E-state index contributed by atoms with van der Waals surface area (Å²) >= 11 is 6.76. The van der Waals surface area contributed by atoms with Crippen molar-refractivity contribution < 1.29 is 59.2 Å². The predicted molar refractivity (Wildman–Crippen MR) is 120 cm³/mol. The Balaban J connectivity index is 2.03. The van der Waals surface area contributed by atoms with Gasteiger partial charge in [0, 0.05) is 6.07 Å². The number of fused-ring (bicyclic) bond motifs is 1. The van der Waals surface area contributed by atoms with Gasteiger partial charge >= 0.3 is 5.51 Å². The lowest BCUT2D eigenvalue weighted by Crippen LogP contribution is -2.52. The molecular weight excluding hydrogens is 611 g/mol. The van der Waals surface area contributed by atoms with E-state index in [1.165, 1.54) is 12.1 Å². The van der Waals surface area contributed by atoms with E-state index in [2.05, 4.69) is 5.73 Å². The van der Waals surface area contributed by atoms with Crippen LogP contribution in [0.25, 0.3) is 10.1 Å². The number of hydrogen-bond acceptors (Lipinski definition) is 9. The van der Waals surface area contributed by atoms with Gasteiger partial charge in [0.15, 0.2) is 0 Å². The van der Waals surface area contributed by atoms with Gasteiger partial charge in [-0.25, -0.2) is 21.2 Å². The van der Waals surface area contributed by atoms with E-state index in [9.17, 15) is 48.7 Å². The Kier molecular flexibility index (Phi) is 8.35. The molecular formula is C18H15ClF4N2O8PS3-. The van der Waals surface area contributed by atoms with Crippen molar-refractivity contribution in [3.05, 3.63) is 52.8 Å². The van der Waals surface area contributed by atoms with Crippen LogP contribution in [-0.2, 0) is 24.4 Å². The Morgan fingerprint density at radius 2 is 1.78 bits per heavy atom. The first-order valence-electron chi connectivity index (χ1n) is 9.68. The fraction of sp³-hybridized carbons (Fsp3) is 0.222. The van der Waals surface area contributed by atoms with Crippen LogP contribution in [0.3, 0.4) is 0 Å². The molecule has 0 radical (unpaired) electrons. The number of halogens is 5. The zero-order chi connectivity index (χ0) is 28.0. The minimum absolute atomic E-state index is 0.0161. The Bertz CT molecular complexity index is 1610. The van der Waals surface area contributed by atoms with E-state index >= 15 is 0 Å². The number of thiophene rings is 1. The smallest absolute Gasteiger partial charge is 0.502 e. The van der Waals surface area contributed by atoms with Gasteiger partial charge in [0.05, 0.1) is 15.5 Å². The van der Waals surface area contributed by atoms with Gasteiger partial charge in [-0.3, -0.25) is 0 Å². The summed E-state index contributed by atoms with van der Waals surface area (Å²) < 4.78 is 120. The first-order chi connectivity index (χ1) is 16.9. The summed E-state index contributed by atoms with van der Waals surface area (Å²) in [7, 11) is -16.9. The average molecular weight is 626 g/mol. The van der Waals surface area contributed by atoms with E-state index in [0.717, 1.165) is 6.07 Å².